The predicted octanol–water partition coefficient (Wildman–Crippen LogP) is 3.05. The molecule has 0 radical (unpaired) electrons. The molecule has 0 bridgehead atoms. The molecule has 1 aromatic carbocycles. The Morgan fingerprint density at radius 3 is 2.81 bits per heavy atom. The maximum atomic E-state index is 12.2. The van der Waals surface area contributed by atoms with Gasteiger partial charge in [0.15, 0.2) is 5.43 Å². The molecule has 5 nitrogen and oxygen atoms in total. The van der Waals surface area contributed by atoms with Crippen molar-refractivity contribution in [2.24, 2.45) is 0 Å². The van der Waals surface area contributed by atoms with Crippen molar-refractivity contribution in [2.75, 3.05) is 26.3 Å². The average Bonchev–Trinajstić information content (AvgIpc) is 3.16. The molecule has 0 aliphatic carbocycles. The van der Waals surface area contributed by atoms with Crippen molar-refractivity contribution in [1.29, 1.82) is 0 Å². The van der Waals surface area contributed by atoms with Crippen LogP contribution in [0.15, 0.2) is 41.3 Å². The zero-order valence-corrected chi connectivity index (χ0v) is 15.7. The summed E-state index contributed by atoms with van der Waals surface area (Å²) in [6, 6.07) is 9.85. The maximum Gasteiger partial charge on any atom is 0.187 e. The van der Waals surface area contributed by atoms with Crippen LogP contribution in [0.5, 0.6) is 5.75 Å². The second kappa shape index (κ2) is 9.01. The largest absolute Gasteiger partial charge is 0.492 e. The Labute approximate surface area is 155 Å². The second-order valence-electron chi connectivity index (χ2n) is 6.94. The number of benzene rings is 1. The summed E-state index contributed by atoms with van der Waals surface area (Å²) < 4.78 is 11.7. The van der Waals surface area contributed by atoms with Crippen LogP contribution in [0.4, 0.5) is 0 Å². The molecular formula is C21H28N2O3. The minimum atomic E-state index is 0.122. The van der Waals surface area contributed by atoms with Gasteiger partial charge < -0.3 is 14.5 Å². The van der Waals surface area contributed by atoms with Crippen LogP contribution in [0, 0.1) is 13.8 Å². The molecule has 3 rings (SSSR count). The first-order chi connectivity index (χ1) is 12.6. The highest BCUT2D eigenvalue weighted by atomic mass is 16.5. The van der Waals surface area contributed by atoms with E-state index in [1.165, 1.54) is 0 Å². The Kier molecular flexibility index (Phi) is 6.47. The lowest BCUT2D eigenvalue weighted by Crippen LogP contribution is -2.36. The first kappa shape index (κ1) is 18.7. The van der Waals surface area contributed by atoms with Gasteiger partial charge in [0.25, 0.3) is 0 Å². The van der Waals surface area contributed by atoms with E-state index < -0.39 is 0 Å². The van der Waals surface area contributed by atoms with Crippen LogP contribution >= 0.6 is 0 Å². The predicted molar refractivity (Wildman–Crippen MR) is 103 cm³/mol. The molecule has 0 amide bonds. The minimum Gasteiger partial charge on any atom is -0.492 e. The van der Waals surface area contributed by atoms with E-state index in [1.54, 1.807) is 6.20 Å². The lowest BCUT2D eigenvalue weighted by Gasteiger charge is -2.25. The molecule has 1 aliphatic rings. The van der Waals surface area contributed by atoms with E-state index in [1.807, 2.05) is 44.2 Å². The van der Waals surface area contributed by atoms with Crippen LogP contribution in [0.25, 0.3) is 0 Å². The van der Waals surface area contributed by atoms with Gasteiger partial charge in [0, 0.05) is 49.3 Å². The molecule has 2 aromatic rings. The highest BCUT2D eigenvalue weighted by Crippen LogP contribution is 2.16. The van der Waals surface area contributed by atoms with Crippen molar-refractivity contribution in [1.82, 2.24) is 9.88 Å². The molecule has 5 heteroatoms. The first-order valence-corrected chi connectivity index (χ1v) is 9.33. The monoisotopic (exact) mass is 356 g/mol. The number of hydrogen-bond donors (Lipinski definition) is 1. The maximum absolute atomic E-state index is 12.2. The fraction of sp³-hybridized carbons (Fsp3) is 0.476. The van der Waals surface area contributed by atoms with Gasteiger partial charge in [-0.25, -0.2) is 0 Å². The number of rotatable bonds is 8. The summed E-state index contributed by atoms with van der Waals surface area (Å²) in [6.45, 7) is 7.52. The van der Waals surface area contributed by atoms with Gasteiger partial charge in [0.05, 0.1) is 6.10 Å². The van der Waals surface area contributed by atoms with Crippen LogP contribution in [-0.2, 0) is 11.3 Å². The number of aryl methyl sites for hydroxylation is 1. The van der Waals surface area contributed by atoms with Gasteiger partial charge in [0.1, 0.15) is 12.4 Å². The van der Waals surface area contributed by atoms with Crippen LogP contribution in [0.3, 0.4) is 0 Å². The Morgan fingerprint density at radius 1 is 1.27 bits per heavy atom. The fourth-order valence-electron chi connectivity index (χ4n) is 3.31. The van der Waals surface area contributed by atoms with Gasteiger partial charge in [-0.15, -0.1) is 0 Å². The molecular weight excluding hydrogens is 328 g/mol. The molecule has 1 atom stereocenters. The molecule has 1 aromatic heterocycles. The number of ether oxygens (including phenoxy) is 2. The number of nitrogens with one attached hydrogen (secondary N) is 1. The number of para-hydroxylation sites is 1. The van der Waals surface area contributed by atoms with Crippen LogP contribution in [0.1, 0.15) is 29.7 Å². The molecule has 1 aliphatic heterocycles. The van der Waals surface area contributed by atoms with Crippen molar-refractivity contribution in [2.45, 2.75) is 39.3 Å². The SMILES string of the molecule is Cc1c[nH]c(CN(CCOc2ccccc2)CC2CCCO2)c(C)c1=O. The smallest absolute Gasteiger partial charge is 0.187 e. The third-order valence-corrected chi connectivity index (χ3v) is 4.90. The topological polar surface area (TPSA) is 54.6 Å². The van der Waals surface area contributed by atoms with E-state index >= 15 is 0 Å². The van der Waals surface area contributed by atoms with Crippen molar-refractivity contribution in [3.63, 3.8) is 0 Å². The third-order valence-electron chi connectivity index (χ3n) is 4.90. The average molecular weight is 356 g/mol. The summed E-state index contributed by atoms with van der Waals surface area (Å²) in [5.74, 6) is 0.879. The van der Waals surface area contributed by atoms with E-state index in [0.29, 0.717) is 13.2 Å². The molecule has 1 fully saturated rings. The van der Waals surface area contributed by atoms with Gasteiger partial charge in [-0.1, -0.05) is 18.2 Å². The lowest BCUT2D eigenvalue weighted by atomic mass is 10.1. The van der Waals surface area contributed by atoms with Crippen LogP contribution < -0.4 is 10.2 Å². The van der Waals surface area contributed by atoms with Crippen molar-refractivity contribution in [3.05, 3.63) is 63.6 Å². The molecule has 1 saturated heterocycles. The lowest BCUT2D eigenvalue weighted by molar-refractivity contribution is 0.0649. The van der Waals surface area contributed by atoms with Crippen molar-refractivity contribution >= 4 is 0 Å². The Hall–Kier alpha value is -2.11. The van der Waals surface area contributed by atoms with Crippen molar-refractivity contribution < 1.29 is 9.47 Å². The normalized spacial score (nSPS) is 17.0. The van der Waals surface area contributed by atoms with Gasteiger partial charge in [0.2, 0.25) is 0 Å². The number of pyridine rings is 1. The third kappa shape index (κ3) is 4.96. The molecule has 140 valence electrons. The molecule has 2 heterocycles. The number of aromatic nitrogens is 1. The Balaban J connectivity index is 1.64. The Bertz CT molecular complexity index is 752. The van der Waals surface area contributed by atoms with Gasteiger partial charge in [-0.05, 0) is 38.8 Å². The summed E-state index contributed by atoms with van der Waals surface area (Å²) in [6.07, 6.45) is 4.29. The summed E-state index contributed by atoms with van der Waals surface area (Å²) in [5.41, 5.74) is 2.64. The summed E-state index contributed by atoms with van der Waals surface area (Å²) in [7, 11) is 0. The van der Waals surface area contributed by atoms with E-state index in [9.17, 15) is 4.79 Å². The van der Waals surface area contributed by atoms with Gasteiger partial charge in [-0.3, -0.25) is 9.69 Å². The number of nitrogens with zero attached hydrogens (tertiary/aromatic N) is 1. The quantitative estimate of drug-likeness (QED) is 0.790. The standard InChI is InChI=1S/C21H28N2O3/c1-16-13-22-20(17(2)21(16)24)15-23(14-19-9-6-11-25-19)10-12-26-18-7-4-3-5-8-18/h3-5,7-8,13,19H,6,9-12,14-15H2,1-2H3,(H,22,24). The van der Waals surface area contributed by atoms with Crippen molar-refractivity contribution in [3.8, 4) is 5.75 Å². The van der Waals surface area contributed by atoms with Gasteiger partial charge in [-0.2, -0.15) is 0 Å². The number of H-pyrrole nitrogens is 1. The summed E-state index contributed by atoms with van der Waals surface area (Å²) in [5, 5.41) is 0. The summed E-state index contributed by atoms with van der Waals surface area (Å²) in [4.78, 5) is 17.8. The number of hydrogen-bond acceptors (Lipinski definition) is 4. The summed E-state index contributed by atoms with van der Waals surface area (Å²) >= 11 is 0. The van der Waals surface area contributed by atoms with E-state index in [0.717, 1.165) is 55.1 Å². The minimum absolute atomic E-state index is 0.122. The zero-order valence-electron chi connectivity index (χ0n) is 15.7. The molecule has 0 saturated carbocycles. The Morgan fingerprint density at radius 2 is 2.08 bits per heavy atom. The fourth-order valence-corrected chi connectivity index (χ4v) is 3.31. The van der Waals surface area contributed by atoms with E-state index in [-0.39, 0.29) is 11.5 Å². The van der Waals surface area contributed by atoms with E-state index in [4.69, 9.17) is 9.47 Å². The molecule has 1 unspecified atom stereocenters. The number of aromatic amines is 1. The highest BCUT2D eigenvalue weighted by molar-refractivity contribution is 5.23. The van der Waals surface area contributed by atoms with E-state index in [2.05, 4.69) is 9.88 Å². The molecule has 0 spiro atoms. The first-order valence-electron chi connectivity index (χ1n) is 9.33. The molecule has 1 N–H and O–H groups in total. The highest BCUT2D eigenvalue weighted by Gasteiger charge is 2.20. The second-order valence-corrected chi connectivity index (χ2v) is 6.94. The van der Waals surface area contributed by atoms with Crippen LogP contribution in [0.2, 0.25) is 0 Å². The van der Waals surface area contributed by atoms with Crippen LogP contribution in [-0.4, -0.2) is 42.3 Å². The zero-order chi connectivity index (χ0) is 18.4. The van der Waals surface area contributed by atoms with Gasteiger partial charge >= 0.3 is 0 Å². The molecule has 26 heavy (non-hydrogen) atoms.